The van der Waals surface area contributed by atoms with Crippen LogP contribution in [0.15, 0.2) is 93.4 Å². The maximum Gasteiger partial charge on any atom is 0.307 e. The highest BCUT2D eigenvalue weighted by atomic mass is 79.9. The maximum atomic E-state index is 13.4. The number of benzene rings is 3. The SMILES string of the molecule is C=CCc1cc(/C=N/NC(=O)c2cc3cc(Br)ccc3o2)ccc1OCc1cccc(F)c1. The Morgan fingerprint density at radius 3 is 2.85 bits per heavy atom. The van der Waals surface area contributed by atoms with Crippen LogP contribution in [0.5, 0.6) is 5.75 Å². The van der Waals surface area contributed by atoms with Crippen molar-refractivity contribution < 1.29 is 18.3 Å². The van der Waals surface area contributed by atoms with E-state index < -0.39 is 5.91 Å². The molecule has 1 amide bonds. The number of fused-ring (bicyclic) bond motifs is 1. The molecule has 4 aromatic rings. The zero-order valence-electron chi connectivity index (χ0n) is 17.6. The molecule has 1 N–H and O–H groups in total. The van der Waals surface area contributed by atoms with Crippen LogP contribution in [0.1, 0.15) is 27.2 Å². The number of carbonyl (C=O) groups excluding carboxylic acids is 1. The van der Waals surface area contributed by atoms with E-state index in [1.54, 1.807) is 36.6 Å². The molecule has 3 aromatic carbocycles. The number of rotatable bonds is 8. The fourth-order valence-electron chi connectivity index (χ4n) is 3.27. The van der Waals surface area contributed by atoms with Crippen molar-refractivity contribution in [1.82, 2.24) is 5.43 Å². The zero-order valence-corrected chi connectivity index (χ0v) is 19.1. The lowest BCUT2D eigenvalue weighted by molar-refractivity contribution is 0.0929. The van der Waals surface area contributed by atoms with Crippen LogP contribution in [0.3, 0.4) is 0 Å². The molecule has 0 aliphatic rings. The van der Waals surface area contributed by atoms with Gasteiger partial charge in [-0.1, -0.05) is 34.1 Å². The quantitative estimate of drug-likeness (QED) is 0.170. The number of ether oxygens (including phenoxy) is 1. The number of amides is 1. The molecule has 0 unspecified atom stereocenters. The molecule has 1 aromatic heterocycles. The molecule has 7 heteroatoms. The molecule has 0 saturated heterocycles. The Morgan fingerprint density at radius 2 is 2.03 bits per heavy atom. The van der Waals surface area contributed by atoms with Gasteiger partial charge in [0.15, 0.2) is 5.76 Å². The molecular formula is C26H20BrFN2O3. The van der Waals surface area contributed by atoms with Gasteiger partial charge in [-0.15, -0.1) is 6.58 Å². The van der Waals surface area contributed by atoms with Gasteiger partial charge in [-0.3, -0.25) is 4.79 Å². The van der Waals surface area contributed by atoms with Crippen LogP contribution in [-0.4, -0.2) is 12.1 Å². The first kappa shape index (κ1) is 22.5. The van der Waals surface area contributed by atoms with Crippen LogP contribution >= 0.6 is 15.9 Å². The van der Waals surface area contributed by atoms with Gasteiger partial charge in [-0.25, -0.2) is 9.82 Å². The fraction of sp³-hybridized carbons (Fsp3) is 0.0769. The van der Waals surface area contributed by atoms with E-state index in [0.717, 1.165) is 26.5 Å². The minimum Gasteiger partial charge on any atom is -0.489 e. The topological polar surface area (TPSA) is 63.8 Å². The van der Waals surface area contributed by atoms with Crippen LogP contribution < -0.4 is 10.2 Å². The number of allylic oxidation sites excluding steroid dienone is 1. The Morgan fingerprint density at radius 1 is 1.15 bits per heavy atom. The number of nitrogens with zero attached hydrogens (tertiary/aromatic N) is 1. The average molecular weight is 507 g/mol. The number of halogens is 2. The van der Waals surface area contributed by atoms with Crippen LogP contribution in [0.25, 0.3) is 11.0 Å². The normalized spacial score (nSPS) is 11.1. The van der Waals surface area contributed by atoms with Crippen molar-refractivity contribution in [2.24, 2.45) is 5.10 Å². The number of hydrogen-bond donors (Lipinski definition) is 1. The van der Waals surface area contributed by atoms with Gasteiger partial charge in [0.1, 0.15) is 23.8 Å². The van der Waals surface area contributed by atoms with E-state index in [0.29, 0.717) is 17.8 Å². The second-order valence-electron chi connectivity index (χ2n) is 7.27. The Bertz CT molecular complexity index is 1350. The first-order valence-electron chi connectivity index (χ1n) is 10.2. The van der Waals surface area contributed by atoms with E-state index in [4.69, 9.17) is 9.15 Å². The van der Waals surface area contributed by atoms with E-state index in [9.17, 15) is 9.18 Å². The molecule has 0 radical (unpaired) electrons. The van der Waals surface area contributed by atoms with Gasteiger partial charge >= 0.3 is 5.91 Å². The van der Waals surface area contributed by atoms with Gasteiger partial charge in [-0.05, 0) is 77.7 Å². The molecule has 0 fully saturated rings. The third-order valence-electron chi connectivity index (χ3n) is 4.81. The van der Waals surface area contributed by atoms with Crippen molar-refractivity contribution in [3.63, 3.8) is 0 Å². The smallest absolute Gasteiger partial charge is 0.307 e. The van der Waals surface area contributed by atoms with Crippen molar-refractivity contribution >= 4 is 39.0 Å². The lowest BCUT2D eigenvalue weighted by Crippen LogP contribution is -2.16. The monoisotopic (exact) mass is 506 g/mol. The minimum atomic E-state index is -0.445. The van der Waals surface area contributed by atoms with Crippen molar-refractivity contribution in [3.05, 3.63) is 112 Å². The molecular weight excluding hydrogens is 487 g/mol. The van der Waals surface area contributed by atoms with E-state index in [1.807, 2.05) is 30.3 Å². The van der Waals surface area contributed by atoms with Crippen LogP contribution in [-0.2, 0) is 13.0 Å². The molecule has 0 atom stereocenters. The minimum absolute atomic E-state index is 0.175. The molecule has 5 nitrogen and oxygen atoms in total. The summed E-state index contributed by atoms with van der Waals surface area (Å²) in [5.41, 5.74) is 5.52. The number of furan rings is 1. The molecule has 0 spiro atoms. The van der Waals surface area contributed by atoms with Gasteiger partial charge in [0, 0.05) is 9.86 Å². The predicted octanol–water partition coefficient (Wildman–Crippen LogP) is 6.41. The third kappa shape index (κ3) is 5.75. The van der Waals surface area contributed by atoms with Crippen LogP contribution in [0.2, 0.25) is 0 Å². The zero-order chi connectivity index (χ0) is 23.2. The van der Waals surface area contributed by atoms with E-state index in [2.05, 4.69) is 33.0 Å². The van der Waals surface area contributed by atoms with E-state index in [1.165, 1.54) is 12.1 Å². The Balaban J connectivity index is 1.42. The van der Waals surface area contributed by atoms with Crippen LogP contribution in [0, 0.1) is 5.82 Å². The summed E-state index contributed by atoms with van der Waals surface area (Å²) in [6, 6.07) is 19.0. The molecule has 4 rings (SSSR count). The predicted molar refractivity (Wildman–Crippen MR) is 130 cm³/mol. The summed E-state index contributed by atoms with van der Waals surface area (Å²) in [4.78, 5) is 12.4. The number of hydrazone groups is 1. The third-order valence-corrected chi connectivity index (χ3v) is 5.31. The lowest BCUT2D eigenvalue weighted by Gasteiger charge is -2.11. The highest BCUT2D eigenvalue weighted by molar-refractivity contribution is 9.10. The van der Waals surface area contributed by atoms with Crippen molar-refractivity contribution in [1.29, 1.82) is 0 Å². The van der Waals surface area contributed by atoms with Gasteiger partial charge in [0.05, 0.1) is 6.21 Å². The number of carbonyl (C=O) groups is 1. The first-order valence-corrected chi connectivity index (χ1v) is 10.9. The maximum absolute atomic E-state index is 13.4. The molecule has 33 heavy (non-hydrogen) atoms. The second-order valence-corrected chi connectivity index (χ2v) is 8.19. The van der Waals surface area contributed by atoms with E-state index >= 15 is 0 Å². The molecule has 0 saturated carbocycles. The average Bonchev–Trinajstić information content (AvgIpc) is 3.22. The van der Waals surface area contributed by atoms with E-state index in [-0.39, 0.29) is 18.2 Å². The molecule has 0 aliphatic carbocycles. The van der Waals surface area contributed by atoms with Gasteiger partial charge in [0.2, 0.25) is 0 Å². The van der Waals surface area contributed by atoms with Crippen molar-refractivity contribution in [2.75, 3.05) is 0 Å². The molecule has 1 heterocycles. The summed E-state index contributed by atoms with van der Waals surface area (Å²) in [6.07, 6.45) is 3.90. The highest BCUT2D eigenvalue weighted by Gasteiger charge is 2.12. The van der Waals surface area contributed by atoms with Crippen molar-refractivity contribution in [2.45, 2.75) is 13.0 Å². The molecule has 0 bridgehead atoms. The highest BCUT2D eigenvalue weighted by Crippen LogP contribution is 2.24. The summed E-state index contributed by atoms with van der Waals surface area (Å²) in [5.74, 6) is 0.106. The largest absolute Gasteiger partial charge is 0.489 e. The second kappa shape index (κ2) is 10.3. The molecule has 166 valence electrons. The Kier molecular flexibility index (Phi) is 7.00. The lowest BCUT2D eigenvalue weighted by atomic mass is 10.1. The summed E-state index contributed by atoms with van der Waals surface area (Å²) in [6.45, 7) is 4.04. The fourth-order valence-corrected chi connectivity index (χ4v) is 3.65. The standard InChI is InChI=1S/C26H20BrFN2O3/c1-2-4-19-11-17(7-9-23(19)32-16-18-5-3-6-22(28)12-18)15-29-30-26(31)25-14-20-13-21(27)8-10-24(20)33-25/h2-3,5-15H,1,4,16H2,(H,30,31)/b29-15+. The summed E-state index contributed by atoms with van der Waals surface area (Å²) < 4.78 is 25.7. The van der Waals surface area contributed by atoms with Gasteiger partial charge in [0.25, 0.3) is 0 Å². The van der Waals surface area contributed by atoms with Crippen molar-refractivity contribution in [3.8, 4) is 5.75 Å². The first-order chi connectivity index (χ1) is 16.0. The summed E-state index contributed by atoms with van der Waals surface area (Å²) >= 11 is 3.40. The number of nitrogens with one attached hydrogen (secondary N) is 1. The Hall–Kier alpha value is -3.71. The molecule has 0 aliphatic heterocycles. The summed E-state index contributed by atoms with van der Waals surface area (Å²) in [5, 5.41) is 4.86. The number of hydrogen-bond acceptors (Lipinski definition) is 4. The van der Waals surface area contributed by atoms with Gasteiger partial charge in [-0.2, -0.15) is 5.10 Å². The van der Waals surface area contributed by atoms with Crippen LogP contribution in [0.4, 0.5) is 4.39 Å². The summed E-state index contributed by atoms with van der Waals surface area (Å²) in [7, 11) is 0. The van der Waals surface area contributed by atoms with Gasteiger partial charge < -0.3 is 9.15 Å². The Labute approximate surface area is 198 Å².